The number of carboxylic acids is 1. The van der Waals surface area contributed by atoms with E-state index < -0.39 is 10.8 Å². The summed E-state index contributed by atoms with van der Waals surface area (Å²) in [5.41, 5.74) is 2.00. The average molecular weight is 334 g/mol. The average Bonchev–Trinajstić information content (AvgIpc) is 2.79. The Kier molecular flexibility index (Phi) is 5.33. The maximum Gasteiger partial charge on any atom is 0.347 e. The molecular formula is C16H18N2O4S. The van der Waals surface area contributed by atoms with Crippen LogP contribution in [-0.4, -0.2) is 21.6 Å². The molecule has 0 atom stereocenters. The zero-order chi connectivity index (χ0) is 17.0. The molecule has 2 N–H and O–H groups in total. The lowest BCUT2D eigenvalue weighted by molar-refractivity contribution is -0.116. The molecule has 7 heteroatoms. The number of para-hydroxylation sites is 1. The number of carboxylic acid groups (broad SMARTS) is 1. The zero-order valence-corrected chi connectivity index (χ0v) is 13.8. The van der Waals surface area contributed by atoms with Crippen LogP contribution < -0.4 is 10.2 Å². The van der Waals surface area contributed by atoms with Crippen LogP contribution in [0, 0.1) is 6.92 Å². The van der Waals surface area contributed by atoms with Gasteiger partial charge >= 0.3 is 10.8 Å². The van der Waals surface area contributed by atoms with Gasteiger partial charge in [-0.3, -0.25) is 14.2 Å². The highest BCUT2D eigenvalue weighted by Gasteiger charge is 2.21. The molecule has 0 bridgehead atoms. The molecule has 0 unspecified atom stereocenters. The molecule has 2 aromatic rings. The molecule has 6 nitrogen and oxygen atoms in total. The van der Waals surface area contributed by atoms with E-state index in [-0.39, 0.29) is 17.3 Å². The largest absolute Gasteiger partial charge is 0.477 e. The van der Waals surface area contributed by atoms with Crippen molar-refractivity contribution in [3.63, 3.8) is 0 Å². The van der Waals surface area contributed by atoms with E-state index in [1.54, 1.807) is 6.07 Å². The normalized spacial score (nSPS) is 10.5. The smallest absolute Gasteiger partial charge is 0.347 e. The number of nitrogens with zero attached hydrogens (tertiary/aromatic N) is 1. The summed E-state index contributed by atoms with van der Waals surface area (Å²) in [6, 6.07) is 7.33. The van der Waals surface area contributed by atoms with Crippen molar-refractivity contribution in [1.82, 2.24) is 4.57 Å². The van der Waals surface area contributed by atoms with Gasteiger partial charge in [0.15, 0.2) is 0 Å². The molecule has 1 aromatic heterocycles. The van der Waals surface area contributed by atoms with E-state index in [2.05, 4.69) is 5.32 Å². The first-order valence-electron chi connectivity index (χ1n) is 7.25. The van der Waals surface area contributed by atoms with Gasteiger partial charge < -0.3 is 10.4 Å². The third kappa shape index (κ3) is 3.87. The first kappa shape index (κ1) is 17.0. The number of carbonyl (C=O) groups excluding carboxylic acids is 1. The fraction of sp³-hybridized carbons (Fsp3) is 0.312. The second-order valence-electron chi connectivity index (χ2n) is 5.15. The highest BCUT2D eigenvalue weighted by atomic mass is 32.1. The molecule has 23 heavy (non-hydrogen) atoms. The second kappa shape index (κ2) is 7.23. The predicted molar refractivity (Wildman–Crippen MR) is 89.3 cm³/mol. The van der Waals surface area contributed by atoms with Gasteiger partial charge in [-0.25, -0.2) is 4.79 Å². The number of hydrogen-bond donors (Lipinski definition) is 2. The number of benzene rings is 1. The van der Waals surface area contributed by atoms with Crippen molar-refractivity contribution in [3.8, 4) is 0 Å². The highest BCUT2D eigenvalue weighted by Crippen LogP contribution is 2.16. The molecule has 0 radical (unpaired) electrons. The molecule has 0 saturated heterocycles. The minimum absolute atomic E-state index is 0.0144. The lowest BCUT2D eigenvalue weighted by Crippen LogP contribution is -2.26. The van der Waals surface area contributed by atoms with Gasteiger partial charge in [-0.1, -0.05) is 42.9 Å². The van der Waals surface area contributed by atoms with Crippen molar-refractivity contribution in [1.29, 1.82) is 0 Å². The lowest BCUT2D eigenvalue weighted by atomic mass is 10.2. The molecule has 0 aliphatic rings. The van der Waals surface area contributed by atoms with Gasteiger partial charge in [0.1, 0.15) is 11.4 Å². The van der Waals surface area contributed by atoms with Crippen LogP contribution >= 0.6 is 11.3 Å². The summed E-state index contributed by atoms with van der Waals surface area (Å²) in [5, 5.41) is 11.9. The fourth-order valence-corrected chi connectivity index (χ4v) is 3.17. The Hall–Kier alpha value is -2.41. The summed E-state index contributed by atoms with van der Waals surface area (Å²) in [4.78, 5) is 35.1. The van der Waals surface area contributed by atoms with Gasteiger partial charge in [-0.15, -0.1) is 0 Å². The molecule has 0 spiro atoms. The maximum absolute atomic E-state index is 12.2. The summed E-state index contributed by atoms with van der Waals surface area (Å²) in [7, 11) is 0. The number of thiazole rings is 1. The number of amides is 1. The van der Waals surface area contributed by atoms with Crippen LogP contribution in [0.5, 0.6) is 0 Å². The minimum Gasteiger partial charge on any atom is -0.477 e. The van der Waals surface area contributed by atoms with Crippen LogP contribution in [0.3, 0.4) is 0 Å². The lowest BCUT2D eigenvalue weighted by Gasteiger charge is -2.10. The van der Waals surface area contributed by atoms with Crippen molar-refractivity contribution >= 4 is 28.9 Å². The molecule has 0 aliphatic carbocycles. The molecule has 2 rings (SSSR count). The Morgan fingerprint density at radius 2 is 2.00 bits per heavy atom. The van der Waals surface area contributed by atoms with E-state index >= 15 is 0 Å². The van der Waals surface area contributed by atoms with Gasteiger partial charge in [-0.2, -0.15) is 0 Å². The van der Waals surface area contributed by atoms with Gasteiger partial charge in [0, 0.05) is 11.4 Å². The number of rotatable bonds is 6. The summed E-state index contributed by atoms with van der Waals surface area (Å²) < 4.78 is 1.26. The fourth-order valence-electron chi connectivity index (χ4n) is 2.29. The highest BCUT2D eigenvalue weighted by molar-refractivity contribution is 7.11. The Bertz CT molecular complexity index is 792. The van der Waals surface area contributed by atoms with Gasteiger partial charge in [0.25, 0.3) is 0 Å². The van der Waals surface area contributed by atoms with Gasteiger partial charge in [0.2, 0.25) is 5.91 Å². The first-order valence-corrected chi connectivity index (χ1v) is 8.07. The van der Waals surface area contributed by atoms with Crippen LogP contribution in [-0.2, 0) is 17.8 Å². The third-order valence-electron chi connectivity index (χ3n) is 3.40. The van der Waals surface area contributed by atoms with E-state index in [1.807, 2.05) is 32.0 Å². The number of nitrogens with one attached hydrogen (secondary N) is 1. The van der Waals surface area contributed by atoms with E-state index in [9.17, 15) is 19.5 Å². The standard InChI is InChI=1S/C16H18N2O4S/c1-3-6-12-14(15(20)21)23-16(22)18(12)9-13(19)17-11-8-5-4-7-10(11)2/h4-5,7-8H,3,6,9H2,1-2H3,(H,17,19)(H,20,21). The molecule has 122 valence electrons. The van der Waals surface area contributed by atoms with Crippen molar-refractivity contribution in [2.45, 2.75) is 33.2 Å². The summed E-state index contributed by atoms with van der Waals surface area (Å²) in [6.45, 7) is 3.58. The van der Waals surface area contributed by atoms with E-state index in [1.165, 1.54) is 4.57 Å². The number of hydrogen-bond acceptors (Lipinski definition) is 4. The van der Waals surface area contributed by atoms with Crippen LogP contribution in [0.4, 0.5) is 5.69 Å². The monoisotopic (exact) mass is 334 g/mol. The Labute approximate surface area is 137 Å². The number of aryl methyl sites for hydroxylation is 1. The molecule has 1 amide bonds. The molecule has 0 aliphatic heterocycles. The van der Waals surface area contributed by atoms with Crippen molar-refractivity contribution in [2.24, 2.45) is 0 Å². The topological polar surface area (TPSA) is 88.4 Å². The maximum atomic E-state index is 12.2. The molecule has 0 fully saturated rings. The SMILES string of the molecule is CCCc1c(C(=O)O)sc(=O)n1CC(=O)Nc1ccccc1C. The van der Waals surface area contributed by atoms with Gasteiger partial charge in [-0.05, 0) is 25.0 Å². The zero-order valence-electron chi connectivity index (χ0n) is 13.0. The van der Waals surface area contributed by atoms with Crippen LogP contribution in [0.2, 0.25) is 0 Å². The first-order chi connectivity index (χ1) is 10.9. The number of carbonyl (C=O) groups is 2. The minimum atomic E-state index is -1.13. The molecular weight excluding hydrogens is 316 g/mol. The Morgan fingerprint density at radius 3 is 2.61 bits per heavy atom. The van der Waals surface area contributed by atoms with Crippen molar-refractivity contribution in [2.75, 3.05) is 5.32 Å². The Morgan fingerprint density at radius 1 is 1.30 bits per heavy atom. The van der Waals surface area contributed by atoms with E-state index in [4.69, 9.17) is 0 Å². The van der Waals surface area contributed by atoms with Crippen molar-refractivity contribution < 1.29 is 14.7 Å². The number of anilines is 1. The molecule has 1 heterocycles. The Balaban J connectivity index is 2.26. The second-order valence-corrected chi connectivity index (χ2v) is 6.11. The van der Waals surface area contributed by atoms with E-state index in [0.717, 1.165) is 5.56 Å². The summed E-state index contributed by atoms with van der Waals surface area (Å²) in [5.74, 6) is -1.48. The van der Waals surface area contributed by atoms with Crippen LogP contribution in [0.25, 0.3) is 0 Å². The van der Waals surface area contributed by atoms with E-state index in [0.29, 0.717) is 35.6 Å². The van der Waals surface area contributed by atoms with Gasteiger partial charge in [0.05, 0.1) is 0 Å². The van der Waals surface area contributed by atoms with Crippen LogP contribution in [0.1, 0.15) is 34.3 Å². The number of aromatic nitrogens is 1. The predicted octanol–water partition coefficient (Wildman–Crippen LogP) is 2.51. The van der Waals surface area contributed by atoms with Crippen LogP contribution in [0.15, 0.2) is 29.1 Å². The quantitative estimate of drug-likeness (QED) is 0.849. The molecule has 0 saturated carbocycles. The molecule has 1 aromatic carbocycles. The van der Waals surface area contributed by atoms with Crippen molar-refractivity contribution in [3.05, 3.63) is 50.1 Å². The number of aromatic carboxylic acids is 1. The third-order valence-corrected chi connectivity index (χ3v) is 4.41. The summed E-state index contributed by atoms with van der Waals surface area (Å²) >= 11 is 0.668. The summed E-state index contributed by atoms with van der Waals surface area (Å²) in [6.07, 6.45) is 1.13.